The molecule has 0 aliphatic heterocycles. The molecule has 196 valence electrons. The number of para-hydroxylation sites is 1. The van der Waals surface area contributed by atoms with E-state index in [1.165, 1.54) is 9.87 Å². The van der Waals surface area contributed by atoms with Crippen molar-refractivity contribution in [2.75, 3.05) is 17.5 Å². The summed E-state index contributed by atoms with van der Waals surface area (Å²) in [6.45, 7) is 2.79. The standard InChI is InChI=1S/C31H32N2O4S/c1-2-11-25-18-20-27(21-19-25)37-23-22-32-31(34)29-16-9-10-17-30(29)33(24-26-12-5-3-6-13-26)38(35,36)28-14-7-4-8-15-28/h3-10,12-21H,2,11,22-24H2,1H3,(H,32,34). The summed E-state index contributed by atoms with van der Waals surface area (Å²) < 4.78 is 34.6. The molecule has 7 heteroatoms. The smallest absolute Gasteiger partial charge is 0.264 e. The van der Waals surface area contributed by atoms with Crippen LogP contribution in [0.1, 0.15) is 34.8 Å². The van der Waals surface area contributed by atoms with Crippen molar-refractivity contribution in [1.29, 1.82) is 0 Å². The Hall–Kier alpha value is -4.10. The van der Waals surface area contributed by atoms with E-state index >= 15 is 0 Å². The largest absolute Gasteiger partial charge is 0.492 e. The number of hydrogen-bond acceptors (Lipinski definition) is 4. The average Bonchev–Trinajstić information content (AvgIpc) is 2.96. The molecule has 1 amide bonds. The van der Waals surface area contributed by atoms with E-state index in [-0.39, 0.29) is 36.1 Å². The van der Waals surface area contributed by atoms with Crippen LogP contribution < -0.4 is 14.4 Å². The highest BCUT2D eigenvalue weighted by Crippen LogP contribution is 2.29. The van der Waals surface area contributed by atoms with Crippen LogP contribution in [0.15, 0.2) is 114 Å². The normalized spacial score (nSPS) is 11.1. The summed E-state index contributed by atoms with van der Waals surface area (Å²) in [5.74, 6) is 0.367. The van der Waals surface area contributed by atoms with Crippen LogP contribution in [0.5, 0.6) is 5.75 Å². The molecule has 6 nitrogen and oxygen atoms in total. The molecule has 1 N–H and O–H groups in total. The summed E-state index contributed by atoms with van der Waals surface area (Å²) in [5, 5.41) is 2.87. The van der Waals surface area contributed by atoms with Gasteiger partial charge in [-0.2, -0.15) is 0 Å². The zero-order chi connectivity index (χ0) is 26.8. The molecule has 4 aromatic rings. The zero-order valence-electron chi connectivity index (χ0n) is 21.4. The van der Waals surface area contributed by atoms with Gasteiger partial charge < -0.3 is 10.1 Å². The van der Waals surface area contributed by atoms with E-state index in [0.29, 0.717) is 5.69 Å². The number of anilines is 1. The molecule has 0 heterocycles. The lowest BCUT2D eigenvalue weighted by atomic mass is 10.1. The second-order valence-electron chi connectivity index (χ2n) is 8.83. The molecule has 0 fully saturated rings. The highest BCUT2D eigenvalue weighted by molar-refractivity contribution is 7.92. The first kappa shape index (κ1) is 26.9. The Morgan fingerprint density at radius 2 is 1.42 bits per heavy atom. The van der Waals surface area contributed by atoms with Gasteiger partial charge in [-0.15, -0.1) is 0 Å². The molecule has 0 spiro atoms. The van der Waals surface area contributed by atoms with Gasteiger partial charge in [-0.25, -0.2) is 8.42 Å². The van der Waals surface area contributed by atoms with Gasteiger partial charge in [0.2, 0.25) is 0 Å². The molecule has 0 saturated carbocycles. The number of nitrogens with zero attached hydrogens (tertiary/aromatic N) is 1. The predicted molar refractivity (Wildman–Crippen MR) is 151 cm³/mol. The number of nitrogens with one attached hydrogen (secondary N) is 1. The van der Waals surface area contributed by atoms with Crippen molar-refractivity contribution in [1.82, 2.24) is 5.32 Å². The first-order chi connectivity index (χ1) is 18.5. The van der Waals surface area contributed by atoms with Crippen LogP contribution in [-0.4, -0.2) is 27.5 Å². The lowest BCUT2D eigenvalue weighted by molar-refractivity contribution is 0.0947. The maximum absolute atomic E-state index is 13.8. The van der Waals surface area contributed by atoms with E-state index in [0.717, 1.165) is 24.2 Å². The van der Waals surface area contributed by atoms with Gasteiger partial charge in [0, 0.05) is 0 Å². The molecule has 0 aliphatic rings. The van der Waals surface area contributed by atoms with Crippen molar-refractivity contribution in [3.05, 3.63) is 126 Å². The molecule has 0 bridgehead atoms. The summed E-state index contributed by atoms with van der Waals surface area (Å²) in [6.07, 6.45) is 2.11. The van der Waals surface area contributed by atoms with Crippen molar-refractivity contribution in [3.8, 4) is 5.75 Å². The Morgan fingerprint density at radius 1 is 0.789 bits per heavy atom. The van der Waals surface area contributed by atoms with Gasteiger partial charge in [0.05, 0.1) is 29.2 Å². The maximum Gasteiger partial charge on any atom is 0.264 e. The number of rotatable bonds is 12. The highest BCUT2D eigenvalue weighted by atomic mass is 32.2. The molecule has 0 saturated heterocycles. The molecule has 0 aromatic heterocycles. The third kappa shape index (κ3) is 6.81. The number of carbonyl (C=O) groups is 1. The highest BCUT2D eigenvalue weighted by Gasteiger charge is 2.28. The first-order valence-corrected chi connectivity index (χ1v) is 14.1. The molecular weight excluding hydrogens is 496 g/mol. The molecule has 0 unspecified atom stereocenters. The molecular formula is C31H32N2O4S. The second kappa shape index (κ2) is 12.9. The molecule has 0 atom stereocenters. The molecule has 4 rings (SSSR count). The fraction of sp³-hybridized carbons (Fsp3) is 0.194. The summed E-state index contributed by atoms with van der Waals surface area (Å²) in [5.41, 5.74) is 2.65. The summed E-state index contributed by atoms with van der Waals surface area (Å²) in [6, 6.07) is 32.3. The van der Waals surface area contributed by atoms with Crippen LogP contribution in [0.3, 0.4) is 0 Å². The number of benzene rings is 4. The van der Waals surface area contributed by atoms with E-state index in [1.807, 2.05) is 54.6 Å². The first-order valence-electron chi connectivity index (χ1n) is 12.7. The quantitative estimate of drug-likeness (QED) is 0.234. The van der Waals surface area contributed by atoms with Crippen LogP contribution in [0.4, 0.5) is 5.69 Å². The molecule has 0 radical (unpaired) electrons. The SMILES string of the molecule is CCCc1ccc(OCCNC(=O)c2ccccc2N(Cc2ccccc2)S(=O)(=O)c2ccccc2)cc1. The van der Waals surface area contributed by atoms with E-state index in [2.05, 4.69) is 12.2 Å². The van der Waals surface area contributed by atoms with Gasteiger partial charge in [-0.1, -0.05) is 86.1 Å². The van der Waals surface area contributed by atoms with Crippen molar-refractivity contribution in [3.63, 3.8) is 0 Å². The molecule has 4 aromatic carbocycles. The summed E-state index contributed by atoms with van der Waals surface area (Å²) in [4.78, 5) is 13.4. The monoisotopic (exact) mass is 528 g/mol. The zero-order valence-corrected chi connectivity index (χ0v) is 22.2. The minimum atomic E-state index is -3.95. The molecule has 0 aliphatic carbocycles. The Labute approximate surface area is 225 Å². The topological polar surface area (TPSA) is 75.7 Å². The minimum Gasteiger partial charge on any atom is -0.492 e. The van der Waals surface area contributed by atoms with Gasteiger partial charge in [-0.05, 0) is 53.9 Å². The minimum absolute atomic E-state index is 0.0828. The summed E-state index contributed by atoms with van der Waals surface area (Å²) >= 11 is 0. The number of amides is 1. The van der Waals surface area contributed by atoms with Gasteiger partial charge in [0.25, 0.3) is 15.9 Å². The van der Waals surface area contributed by atoms with E-state index < -0.39 is 10.0 Å². The van der Waals surface area contributed by atoms with Crippen molar-refractivity contribution >= 4 is 21.6 Å². The van der Waals surface area contributed by atoms with Gasteiger partial charge >= 0.3 is 0 Å². The second-order valence-corrected chi connectivity index (χ2v) is 10.7. The molecule has 38 heavy (non-hydrogen) atoms. The Morgan fingerprint density at radius 3 is 2.11 bits per heavy atom. The number of carbonyl (C=O) groups excluding carboxylic acids is 1. The van der Waals surface area contributed by atoms with Crippen molar-refractivity contribution in [2.24, 2.45) is 0 Å². The van der Waals surface area contributed by atoms with Crippen LogP contribution in [0, 0.1) is 0 Å². The number of sulfonamides is 1. The van der Waals surface area contributed by atoms with Crippen LogP contribution in [0.2, 0.25) is 0 Å². The Balaban J connectivity index is 1.52. The van der Waals surface area contributed by atoms with Gasteiger partial charge in [0.1, 0.15) is 12.4 Å². The lowest BCUT2D eigenvalue weighted by Gasteiger charge is -2.26. The number of aryl methyl sites for hydroxylation is 1. The van der Waals surface area contributed by atoms with Crippen LogP contribution in [0.25, 0.3) is 0 Å². The Bertz CT molecular complexity index is 1420. The van der Waals surface area contributed by atoms with Gasteiger partial charge in [-0.3, -0.25) is 9.10 Å². The van der Waals surface area contributed by atoms with E-state index in [4.69, 9.17) is 4.74 Å². The fourth-order valence-electron chi connectivity index (χ4n) is 4.12. The summed E-state index contributed by atoms with van der Waals surface area (Å²) in [7, 11) is -3.95. The maximum atomic E-state index is 13.8. The van der Waals surface area contributed by atoms with Crippen LogP contribution >= 0.6 is 0 Å². The Kier molecular flexibility index (Phi) is 9.16. The van der Waals surface area contributed by atoms with Crippen LogP contribution in [-0.2, 0) is 23.0 Å². The van der Waals surface area contributed by atoms with Crippen molar-refractivity contribution in [2.45, 2.75) is 31.2 Å². The third-order valence-corrected chi connectivity index (χ3v) is 7.81. The fourth-order valence-corrected chi connectivity index (χ4v) is 5.61. The lowest BCUT2D eigenvalue weighted by Crippen LogP contribution is -2.34. The van der Waals surface area contributed by atoms with Gasteiger partial charge in [0.15, 0.2) is 0 Å². The third-order valence-electron chi connectivity index (χ3n) is 6.04. The van der Waals surface area contributed by atoms with E-state index in [9.17, 15) is 13.2 Å². The predicted octanol–water partition coefficient (Wildman–Crippen LogP) is 5.84. The van der Waals surface area contributed by atoms with Crippen molar-refractivity contribution < 1.29 is 17.9 Å². The number of hydrogen-bond donors (Lipinski definition) is 1. The number of ether oxygens (including phenoxy) is 1. The van der Waals surface area contributed by atoms with E-state index in [1.54, 1.807) is 54.6 Å². The average molecular weight is 529 g/mol.